The van der Waals surface area contributed by atoms with Gasteiger partial charge in [0.1, 0.15) is 5.54 Å². The summed E-state index contributed by atoms with van der Waals surface area (Å²) in [5.74, 6) is -0.900. The van der Waals surface area contributed by atoms with E-state index in [1.54, 1.807) is 11.8 Å². The highest BCUT2D eigenvalue weighted by Gasteiger charge is 2.45. The highest BCUT2D eigenvalue weighted by molar-refractivity contribution is 5.88. The van der Waals surface area contributed by atoms with Crippen LogP contribution in [-0.2, 0) is 9.59 Å². The van der Waals surface area contributed by atoms with Crippen LogP contribution in [0, 0.1) is 5.92 Å². The zero-order valence-corrected chi connectivity index (χ0v) is 10.2. The molecule has 0 bridgehead atoms. The van der Waals surface area contributed by atoms with E-state index in [0.717, 1.165) is 25.7 Å². The molecule has 2 rings (SSSR count). The molecule has 0 aromatic rings. The molecular formula is C13H19NO3. The number of aliphatic carboxylic acids is 1. The maximum atomic E-state index is 12.3. The Morgan fingerprint density at radius 3 is 2.53 bits per heavy atom. The van der Waals surface area contributed by atoms with Crippen molar-refractivity contribution in [2.24, 2.45) is 5.92 Å². The summed E-state index contributed by atoms with van der Waals surface area (Å²) in [4.78, 5) is 25.3. The second-order valence-electron chi connectivity index (χ2n) is 5.17. The molecule has 4 heteroatoms. The summed E-state index contributed by atoms with van der Waals surface area (Å²) in [5.41, 5.74) is -1.00. The fourth-order valence-corrected chi connectivity index (χ4v) is 2.74. The minimum Gasteiger partial charge on any atom is -0.480 e. The zero-order valence-electron chi connectivity index (χ0n) is 10.2. The summed E-state index contributed by atoms with van der Waals surface area (Å²) in [6.45, 7) is 2.26. The van der Waals surface area contributed by atoms with E-state index in [1.165, 1.54) is 0 Å². The van der Waals surface area contributed by atoms with Crippen LogP contribution in [0.5, 0.6) is 0 Å². The average molecular weight is 237 g/mol. The van der Waals surface area contributed by atoms with E-state index in [1.807, 2.05) is 12.2 Å². The molecule has 0 saturated carbocycles. The van der Waals surface area contributed by atoms with Crippen LogP contribution >= 0.6 is 0 Å². The number of rotatable bonds is 2. The number of piperidine rings is 1. The molecular weight excluding hydrogens is 218 g/mol. The Morgan fingerprint density at radius 2 is 1.94 bits per heavy atom. The number of nitrogens with zero attached hydrogens (tertiary/aromatic N) is 1. The lowest BCUT2D eigenvalue weighted by molar-refractivity contribution is -0.162. The monoisotopic (exact) mass is 237 g/mol. The number of carboxylic acid groups (broad SMARTS) is 1. The lowest BCUT2D eigenvalue weighted by Crippen LogP contribution is -2.58. The molecule has 0 aromatic heterocycles. The Bertz CT molecular complexity index is 356. The van der Waals surface area contributed by atoms with Gasteiger partial charge < -0.3 is 10.0 Å². The quantitative estimate of drug-likeness (QED) is 0.745. The largest absolute Gasteiger partial charge is 0.480 e. The normalized spacial score (nSPS) is 29.6. The van der Waals surface area contributed by atoms with E-state index in [4.69, 9.17) is 0 Å². The molecule has 4 nitrogen and oxygen atoms in total. The molecule has 1 N–H and O–H groups in total. The van der Waals surface area contributed by atoms with Crippen molar-refractivity contribution in [3.8, 4) is 0 Å². The number of amides is 1. The van der Waals surface area contributed by atoms with E-state index in [9.17, 15) is 14.7 Å². The summed E-state index contributed by atoms with van der Waals surface area (Å²) < 4.78 is 0. The van der Waals surface area contributed by atoms with Crippen molar-refractivity contribution in [1.29, 1.82) is 0 Å². The summed E-state index contributed by atoms with van der Waals surface area (Å²) in [7, 11) is 0. The number of allylic oxidation sites excluding steroid dienone is 2. The average Bonchev–Trinajstić information content (AvgIpc) is 2.82. The molecule has 1 atom stereocenters. The molecule has 1 aliphatic carbocycles. The molecule has 17 heavy (non-hydrogen) atoms. The van der Waals surface area contributed by atoms with Gasteiger partial charge in [0.2, 0.25) is 5.91 Å². The first-order valence-electron chi connectivity index (χ1n) is 6.25. The van der Waals surface area contributed by atoms with Gasteiger partial charge in [-0.25, -0.2) is 4.79 Å². The van der Waals surface area contributed by atoms with E-state index in [0.29, 0.717) is 13.0 Å². The number of carbonyl (C=O) groups excluding carboxylic acids is 1. The van der Waals surface area contributed by atoms with Gasteiger partial charge in [0, 0.05) is 12.5 Å². The second-order valence-corrected chi connectivity index (χ2v) is 5.17. The van der Waals surface area contributed by atoms with Crippen molar-refractivity contribution < 1.29 is 14.7 Å². The van der Waals surface area contributed by atoms with Crippen LogP contribution in [0.2, 0.25) is 0 Å². The third-order valence-electron chi connectivity index (χ3n) is 3.97. The molecule has 0 aromatic carbocycles. The highest BCUT2D eigenvalue weighted by Crippen LogP contribution is 2.32. The van der Waals surface area contributed by atoms with Gasteiger partial charge in [-0.2, -0.15) is 0 Å². The van der Waals surface area contributed by atoms with Crippen LogP contribution in [0.15, 0.2) is 12.2 Å². The van der Waals surface area contributed by atoms with Gasteiger partial charge in [-0.15, -0.1) is 0 Å². The van der Waals surface area contributed by atoms with Gasteiger partial charge >= 0.3 is 5.97 Å². The molecule has 1 amide bonds. The molecule has 2 aliphatic rings. The fraction of sp³-hybridized carbons (Fsp3) is 0.692. The van der Waals surface area contributed by atoms with E-state index in [2.05, 4.69) is 0 Å². The molecule has 1 aliphatic heterocycles. The number of hydrogen-bond donors (Lipinski definition) is 1. The molecule has 1 saturated heterocycles. The van der Waals surface area contributed by atoms with E-state index >= 15 is 0 Å². The van der Waals surface area contributed by atoms with E-state index in [-0.39, 0.29) is 11.8 Å². The number of likely N-dealkylation sites (tertiary alicyclic amines) is 1. The zero-order chi connectivity index (χ0) is 12.5. The van der Waals surface area contributed by atoms with Gasteiger partial charge in [0.05, 0.1) is 0 Å². The molecule has 1 fully saturated rings. The second kappa shape index (κ2) is 4.51. The van der Waals surface area contributed by atoms with Gasteiger partial charge in [-0.1, -0.05) is 12.2 Å². The standard InChI is InChI=1S/C13H19NO3/c1-13(12(16)17)8-4-5-9-14(13)11(15)10-6-2-3-7-10/h2-3,10H,4-9H2,1H3,(H,16,17). The maximum absolute atomic E-state index is 12.3. The van der Waals surface area contributed by atoms with Crippen LogP contribution in [0.1, 0.15) is 39.0 Å². The van der Waals surface area contributed by atoms with Crippen molar-refractivity contribution in [1.82, 2.24) is 4.90 Å². The van der Waals surface area contributed by atoms with Gasteiger partial charge in [-0.05, 0) is 39.0 Å². The topological polar surface area (TPSA) is 57.6 Å². The van der Waals surface area contributed by atoms with Gasteiger partial charge in [-0.3, -0.25) is 4.79 Å². The van der Waals surface area contributed by atoms with Crippen molar-refractivity contribution in [2.45, 2.75) is 44.6 Å². The van der Waals surface area contributed by atoms with Crippen LogP contribution < -0.4 is 0 Å². The molecule has 1 heterocycles. The van der Waals surface area contributed by atoms with Crippen LogP contribution in [0.3, 0.4) is 0 Å². The van der Waals surface area contributed by atoms with Crippen LogP contribution in [0.25, 0.3) is 0 Å². The first kappa shape index (κ1) is 12.1. The fourth-order valence-electron chi connectivity index (χ4n) is 2.74. The SMILES string of the molecule is CC1(C(=O)O)CCCCN1C(=O)C1CC=CC1. The van der Waals surface area contributed by atoms with Crippen LogP contribution in [0.4, 0.5) is 0 Å². The Balaban J connectivity index is 2.16. The molecule has 0 radical (unpaired) electrons. The molecule has 94 valence electrons. The Labute approximate surface area is 101 Å². The van der Waals surface area contributed by atoms with Crippen molar-refractivity contribution in [2.75, 3.05) is 6.54 Å². The van der Waals surface area contributed by atoms with E-state index < -0.39 is 11.5 Å². The Hall–Kier alpha value is -1.32. The molecule has 1 unspecified atom stereocenters. The van der Waals surface area contributed by atoms with Crippen LogP contribution in [-0.4, -0.2) is 34.0 Å². The third kappa shape index (κ3) is 2.08. The smallest absolute Gasteiger partial charge is 0.329 e. The van der Waals surface area contributed by atoms with Crippen molar-refractivity contribution in [3.05, 3.63) is 12.2 Å². The lowest BCUT2D eigenvalue weighted by atomic mass is 9.87. The number of hydrogen-bond acceptors (Lipinski definition) is 2. The van der Waals surface area contributed by atoms with Crippen molar-refractivity contribution >= 4 is 11.9 Å². The number of carboxylic acids is 1. The van der Waals surface area contributed by atoms with Gasteiger partial charge in [0.15, 0.2) is 0 Å². The predicted molar refractivity (Wildman–Crippen MR) is 63.5 cm³/mol. The third-order valence-corrected chi connectivity index (χ3v) is 3.97. The number of carbonyl (C=O) groups is 2. The minimum absolute atomic E-state index is 0.0135. The highest BCUT2D eigenvalue weighted by atomic mass is 16.4. The summed E-state index contributed by atoms with van der Waals surface area (Å²) in [5, 5.41) is 9.35. The molecule has 0 spiro atoms. The summed E-state index contributed by atoms with van der Waals surface area (Å²) >= 11 is 0. The van der Waals surface area contributed by atoms with Crippen molar-refractivity contribution in [3.63, 3.8) is 0 Å². The first-order chi connectivity index (χ1) is 8.05. The summed E-state index contributed by atoms with van der Waals surface area (Å²) in [6, 6.07) is 0. The Kier molecular flexibility index (Phi) is 3.22. The predicted octanol–water partition coefficient (Wildman–Crippen LogP) is 1.81. The van der Waals surface area contributed by atoms with Gasteiger partial charge in [0.25, 0.3) is 0 Å². The maximum Gasteiger partial charge on any atom is 0.329 e. The first-order valence-corrected chi connectivity index (χ1v) is 6.25. The summed E-state index contributed by atoms with van der Waals surface area (Å²) in [6.07, 6.45) is 7.88. The lowest BCUT2D eigenvalue weighted by Gasteiger charge is -2.42. The minimum atomic E-state index is -1.00. The Morgan fingerprint density at radius 1 is 1.29 bits per heavy atom.